The summed E-state index contributed by atoms with van der Waals surface area (Å²) in [5.74, 6) is 0.568. The standard InChI is InChI=1S/C21H15FN4OS/c1-27-18-5-2-13(9-15(18)22)19-10-17-20(28-19)21(25-11-24-17)26-14-3-4-16-12(8-14)6-7-23-16/h2-11,23H,1H3,(H,24,25,26). The Hall–Kier alpha value is -3.45. The van der Waals surface area contributed by atoms with Gasteiger partial charge in [0.2, 0.25) is 0 Å². The minimum Gasteiger partial charge on any atom is -0.494 e. The Balaban J connectivity index is 1.54. The molecule has 7 heteroatoms. The van der Waals surface area contributed by atoms with Crippen LogP contribution in [0.25, 0.3) is 31.6 Å². The number of thiophene rings is 1. The van der Waals surface area contributed by atoms with Crippen LogP contribution in [-0.2, 0) is 0 Å². The highest BCUT2D eigenvalue weighted by molar-refractivity contribution is 7.22. The molecule has 0 aliphatic heterocycles. The molecule has 5 rings (SSSR count). The average Bonchev–Trinajstić information content (AvgIpc) is 3.35. The predicted octanol–water partition coefficient (Wildman–Crippen LogP) is 5.73. The zero-order valence-electron chi connectivity index (χ0n) is 14.9. The lowest BCUT2D eigenvalue weighted by Gasteiger charge is -2.06. The number of hydrogen-bond donors (Lipinski definition) is 2. The quantitative estimate of drug-likeness (QED) is 0.411. The highest BCUT2D eigenvalue weighted by Gasteiger charge is 2.13. The first kappa shape index (κ1) is 16.7. The molecular weight excluding hydrogens is 375 g/mol. The van der Waals surface area contributed by atoms with Gasteiger partial charge >= 0.3 is 0 Å². The first-order valence-electron chi connectivity index (χ1n) is 8.64. The molecule has 28 heavy (non-hydrogen) atoms. The van der Waals surface area contributed by atoms with E-state index in [2.05, 4.69) is 26.3 Å². The van der Waals surface area contributed by atoms with Crippen LogP contribution in [-0.4, -0.2) is 22.1 Å². The molecule has 2 aromatic carbocycles. The van der Waals surface area contributed by atoms with E-state index in [1.165, 1.54) is 30.8 Å². The number of halogens is 1. The Bertz CT molecular complexity index is 1310. The number of fused-ring (bicyclic) bond motifs is 2. The lowest BCUT2D eigenvalue weighted by molar-refractivity contribution is 0.386. The summed E-state index contributed by atoms with van der Waals surface area (Å²) in [7, 11) is 1.45. The molecule has 0 aliphatic rings. The zero-order valence-corrected chi connectivity index (χ0v) is 15.7. The van der Waals surface area contributed by atoms with Crippen molar-refractivity contribution >= 4 is 44.0 Å². The minimum atomic E-state index is -0.387. The largest absolute Gasteiger partial charge is 0.494 e. The second-order valence-electron chi connectivity index (χ2n) is 6.30. The van der Waals surface area contributed by atoms with Gasteiger partial charge in [-0.05, 0) is 54.1 Å². The number of aromatic nitrogens is 3. The number of H-pyrrole nitrogens is 1. The third-order valence-corrected chi connectivity index (χ3v) is 5.74. The Labute approximate surface area is 163 Å². The van der Waals surface area contributed by atoms with E-state index in [-0.39, 0.29) is 11.6 Å². The van der Waals surface area contributed by atoms with E-state index >= 15 is 0 Å². The molecule has 5 nitrogen and oxygen atoms in total. The molecule has 138 valence electrons. The predicted molar refractivity (Wildman–Crippen MR) is 111 cm³/mol. The fourth-order valence-electron chi connectivity index (χ4n) is 3.17. The van der Waals surface area contributed by atoms with E-state index in [4.69, 9.17) is 4.74 Å². The molecule has 3 aromatic heterocycles. The van der Waals surface area contributed by atoms with Gasteiger partial charge in [-0.3, -0.25) is 0 Å². The van der Waals surface area contributed by atoms with E-state index in [1.807, 2.05) is 36.5 Å². The molecule has 0 fully saturated rings. The van der Waals surface area contributed by atoms with Gasteiger partial charge in [0.05, 0.1) is 17.3 Å². The Morgan fingerprint density at radius 1 is 1.07 bits per heavy atom. The fraction of sp³-hybridized carbons (Fsp3) is 0.0476. The monoisotopic (exact) mass is 390 g/mol. The second kappa shape index (κ2) is 6.61. The number of aromatic amines is 1. The summed E-state index contributed by atoms with van der Waals surface area (Å²) in [5.41, 5.74) is 3.62. The third-order valence-electron chi connectivity index (χ3n) is 4.56. The minimum absolute atomic E-state index is 0.229. The molecular formula is C21H15FN4OS. The van der Waals surface area contributed by atoms with Crippen molar-refractivity contribution in [2.24, 2.45) is 0 Å². The smallest absolute Gasteiger partial charge is 0.165 e. The molecule has 0 saturated heterocycles. The molecule has 0 spiro atoms. The van der Waals surface area contributed by atoms with E-state index in [0.29, 0.717) is 0 Å². The van der Waals surface area contributed by atoms with Crippen LogP contribution in [0.2, 0.25) is 0 Å². The van der Waals surface area contributed by atoms with E-state index in [1.54, 1.807) is 6.07 Å². The maximum Gasteiger partial charge on any atom is 0.165 e. The lowest BCUT2D eigenvalue weighted by atomic mass is 10.1. The number of nitrogens with one attached hydrogen (secondary N) is 2. The lowest BCUT2D eigenvalue weighted by Crippen LogP contribution is -1.94. The second-order valence-corrected chi connectivity index (χ2v) is 7.35. The van der Waals surface area contributed by atoms with Crippen LogP contribution in [0.3, 0.4) is 0 Å². The summed E-state index contributed by atoms with van der Waals surface area (Å²) < 4.78 is 20.0. The Morgan fingerprint density at radius 3 is 2.86 bits per heavy atom. The van der Waals surface area contributed by atoms with Gasteiger partial charge in [-0.25, -0.2) is 14.4 Å². The van der Waals surface area contributed by atoms with Gasteiger partial charge in [0.25, 0.3) is 0 Å². The van der Waals surface area contributed by atoms with Crippen LogP contribution >= 0.6 is 11.3 Å². The maximum atomic E-state index is 14.1. The summed E-state index contributed by atoms with van der Waals surface area (Å²) in [6, 6.07) is 15.0. The zero-order chi connectivity index (χ0) is 19.1. The van der Waals surface area contributed by atoms with Crippen molar-refractivity contribution in [1.29, 1.82) is 0 Å². The summed E-state index contributed by atoms with van der Waals surface area (Å²) in [6.45, 7) is 0. The van der Waals surface area contributed by atoms with Gasteiger partial charge in [-0.15, -0.1) is 11.3 Å². The molecule has 0 amide bonds. The van der Waals surface area contributed by atoms with Crippen molar-refractivity contribution in [3.05, 3.63) is 66.9 Å². The first-order valence-corrected chi connectivity index (χ1v) is 9.45. The van der Waals surface area contributed by atoms with Crippen molar-refractivity contribution in [1.82, 2.24) is 15.0 Å². The number of methoxy groups -OCH3 is 1. The topological polar surface area (TPSA) is 62.8 Å². The number of hydrogen-bond acceptors (Lipinski definition) is 5. The van der Waals surface area contributed by atoms with Gasteiger partial charge in [0.15, 0.2) is 17.4 Å². The highest BCUT2D eigenvalue weighted by Crippen LogP contribution is 2.37. The molecule has 2 N–H and O–H groups in total. The number of benzene rings is 2. The molecule has 5 aromatic rings. The molecule has 0 atom stereocenters. The van der Waals surface area contributed by atoms with Gasteiger partial charge in [0.1, 0.15) is 6.33 Å². The van der Waals surface area contributed by atoms with Crippen molar-refractivity contribution < 1.29 is 9.13 Å². The molecule has 0 aliphatic carbocycles. The van der Waals surface area contributed by atoms with E-state index in [9.17, 15) is 4.39 Å². The molecule has 0 saturated carbocycles. The van der Waals surface area contributed by atoms with Gasteiger partial charge in [0, 0.05) is 27.7 Å². The molecule has 3 heterocycles. The third kappa shape index (κ3) is 2.86. The van der Waals surface area contributed by atoms with E-state index < -0.39 is 0 Å². The normalized spacial score (nSPS) is 11.2. The summed E-state index contributed by atoms with van der Waals surface area (Å²) in [4.78, 5) is 12.9. The Morgan fingerprint density at radius 2 is 2.00 bits per heavy atom. The average molecular weight is 390 g/mol. The number of nitrogens with zero attached hydrogens (tertiary/aromatic N) is 2. The van der Waals surface area contributed by atoms with Crippen molar-refractivity contribution in [3.63, 3.8) is 0 Å². The summed E-state index contributed by atoms with van der Waals surface area (Å²) in [6.07, 6.45) is 3.45. The first-order chi connectivity index (χ1) is 13.7. The van der Waals surface area contributed by atoms with Crippen LogP contribution < -0.4 is 10.1 Å². The van der Waals surface area contributed by atoms with Gasteiger partial charge in [-0.2, -0.15) is 0 Å². The van der Waals surface area contributed by atoms with Crippen molar-refractivity contribution in [2.45, 2.75) is 0 Å². The van der Waals surface area contributed by atoms with Crippen LogP contribution in [0.4, 0.5) is 15.9 Å². The number of anilines is 2. The number of ether oxygens (including phenoxy) is 1. The summed E-state index contributed by atoms with van der Waals surface area (Å²) in [5, 5.41) is 4.50. The van der Waals surface area contributed by atoms with Gasteiger partial charge in [-0.1, -0.05) is 0 Å². The Kier molecular flexibility index (Phi) is 3.95. The van der Waals surface area contributed by atoms with Crippen LogP contribution in [0.1, 0.15) is 0 Å². The van der Waals surface area contributed by atoms with Crippen LogP contribution in [0, 0.1) is 5.82 Å². The molecule has 0 unspecified atom stereocenters. The highest BCUT2D eigenvalue weighted by atomic mass is 32.1. The fourth-order valence-corrected chi connectivity index (χ4v) is 4.23. The van der Waals surface area contributed by atoms with Crippen molar-refractivity contribution in [3.8, 4) is 16.2 Å². The number of rotatable bonds is 4. The molecule has 0 bridgehead atoms. The van der Waals surface area contributed by atoms with Gasteiger partial charge < -0.3 is 15.0 Å². The maximum absolute atomic E-state index is 14.1. The van der Waals surface area contributed by atoms with Crippen molar-refractivity contribution in [2.75, 3.05) is 12.4 Å². The molecule has 0 radical (unpaired) electrons. The van der Waals surface area contributed by atoms with E-state index in [0.717, 1.165) is 43.1 Å². The summed E-state index contributed by atoms with van der Waals surface area (Å²) >= 11 is 1.52. The van der Waals surface area contributed by atoms with Crippen LogP contribution in [0.5, 0.6) is 5.75 Å². The van der Waals surface area contributed by atoms with Crippen LogP contribution in [0.15, 0.2) is 61.1 Å². The SMILES string of the molecule is COc1ccc(-c2cc3ncnc(Nc4ccc5[nH]ccc5c4)c3s2)cc1F.